The number of fused-ring (bicyclic) bond motifs is 4. The summed E-state index contributed by atoms with van der Waals surface area (Å²) in [6, 6.07) is 0. The SMILES string of the molecule is C/C=C(\C)C(=O)O[C@H]1[C@H](O)[C@@H](O)[C@H](O[C@@H]2[C@H]3OC(=O)CCCCCCCCCC(CCCCC)O[C@@H]4O[C@H](C)[C@@H](O)[C@H](O)[C@H]4O[C@@H]4O[C@H](COC(=O)C(C)C(C)O)[C@@H](O)[C@H](O)[C@H]4O[C@H](O[C@H]2C)[C@@H]3OC(=O)CCC)O[C@@H]1C. The molecule has 0 aromatic heterocycles. The second-order valence-corrected chi connectivity index (χ2v) is 21.3. The molecular formula is C54H90O23. The van der Waals surface area contributed by atoms with E-state index in [2.05, 4.69) is 6.92 Å². The van der Waals surface area contributed by atoms with Gasteiger partial charge < -0.3 is 92.6 Å². The van der Waals surface area contributed by atoms with E-state index in [0.29, 0.717) is 32.1 Å². The molecule has 7 N–H and O–H groups in total. The van der Waals surface area contributed by atoms with Crippen LogP contribution in [-0.4, -0.2) is 201 Å². The predicted octanol–water partition coefficient (Wildman–Crippen LogP) is 2.82. The Bertz CT molecular complexity index is 1850. The summed E-state index contributed by atoms with van der Waals surface area (Å²) in [4.78, 5) is 53.4. The number of allylic oxidation sites excluding steroid dienone is 1. The molecule has 0 amide bonds. The van der Waals surface area contributed by atoms with Crippen LogP contribution < -0.4 is 0 Å². The van der Waals surface area contributed by atoms with Gasteiger partial charge in [0.15, 0.2) is 43.5 Å². The number of rotatable bonds is 15. The summed E-state index contributed by atoms with van der Waals surface area (Å²) in [5.41, 5.74) is 0.248. The largest absolute Gasteiger partial charge is 0.463 e. The van der Waals surface area contributed by atoms with Crippen LogP contribution in [0.5, 0.6) is 0 Å². The smallest absolute Gasteiger partial charge is 0.333 e. The van der Waals surface area contributed by atoms with Crippen LogP contribution in [0.25, 0.3) is 0 Å². The number of hydrogen-bond donors (Lipinski definition) is 7. The van der Waals surface area contributed by atoms with Gasteiger partial charge in [0.2, 0.25) is 0 Å². The Morgan fingerprint density at radius 1 is 0.649 bits per heavy atom. The van der Waals surface area contributed by atoms with Crippen LogP contribution in [0.1, 0.15) is 159 Å². The van der Waals surface area contributed by atoms with Gasteiger partial charge in [-0.25, -0.2) is 4.79 Å². The van der Waals surface area contributed by atoms with Crippen molar-refractivity contribution in [3.8, 4) is 0 Å². The van der Waals surface area contributed by atoms with E-state index < -0.39 is 165 Å². The fourth-order valence-electron chi connectivity index (χ4n) is 9.90. The topological polar surface area (TPSA) is 321 Å². The molecular weight excluding hydrogens is 1020 g/mol. The molecule has 444 valence electrons. The molecule has 77 heavy (non-hydrogen) atoms. The van der Waals surface area contributed by atoms with Gasteiger partial charge in [-0.2, -0.15) is 0 Å². The third-order valence-corrected chi connectivity index (χ3v) is 15.1. The lowest BCUT2D eigenvalue weighted by atomic mass is 9.95. The third kappa shape index (κ3) is 17.8. The second-order valence-electron chi connectivity index (χ2n) is 21.3. The Hall–Kier alpha value is -2.98. The van der Waals surface area contributed by atoms with E-state index in [1.165, 1.54) is 40.7 Å². The van der Waals surface area contributed by atoms with Crippen molar-refractivity contribution in [2.24, 2.45) is 5.92 Å². The molecule has 5 aliphatic rings. The Labute approximate surface area is 452 Å². The number of aliphatic hydroxyl groups is 7. The van der Waals surface area contributed by atoms with E-state index in [9.17, 15) is 54.9 Å². The maximum Gasteiger partial charge on any atom is 0.333 e. The van der Waals surface area contributed by atoms with Gasteiger partial charge in [0, 0.05) is 18.4 Å². The van der Waals surface area contributed by atoms with Gasteiger partial charge in [0.1, 0.15) is 67.6 Å². The minimum absolute atomic E-state index is 0.0655. The lowest BCUT2D eigenvalue weighted by Crippen LogP contribution is -2.68. The molecule has 23 heteroatoms. The van der Waals surface area contributed by atoms with E-state index in [4.69, 9.17) is 56.8 Å². The van der Waals surface area contributed by atoms with Crippen molar-refractivity contribution in [1.29, 1.82) is 0 Å². The molecule has 3 unspecified atom stereocenters. The minimum atomic E-state index is -2.02. The molecule has 23 atom stereocenters. The fraction of sp³-hybridized carbons (Fsp3) is 0.889. The number of carbonyl (C=O) groups excluding carboxylic acids is 4. The molecule has 5 heterocycles. The van der Waals surface area contributed by atoms with Crippen LogP contribution in [0, 0.1) is 5.92 Å². The van der Waals surface area contributed by atoms with Gasteiger partial charge >= 0.3 is 23.9 Å². The van der Waals surface area contributed by atoms with E-state index in [0.717, 1.165) is 51.4 Å². The lowest BCUT2D eigenvalue weighted by molar-refractivity contribution is -0.399. The van der Waals surface area contributed by atoms with Crippen molar-refractivity contribution in [2.75, 3.05) is 6.61 Å². The zero-order valence-electron chi connectivity index (χ0n) is 46.3. The first-order valence-corrected chi connectivity index (χ1v) is 28.0. The summed E-state index contributed by atoms with van der Waals surface area (Å²) in [5, 5.41) is 79.8. The molecule has 2 bridgehead atoms. The molecule has 23 nitrogen and oxygen atoms in total. The monoisotopic (exact) mass is 1110 g/mol. The highest BCUT2D eigenvalue weighted by molar-refractivity contribution is 5.87. The molecule has 0 aromatic carbocycles. The van der Waals surface area contributed by atoms with Crippen LogP contribution in [0.15, 0.2) is 11.6 Å². The maximum absolute atomic E-state index is 14.0. The number of carbonyl (C=O) groups is 4. The van der Waals surface area contributed by atoms with Gasteiger partial charge in [-0.05, 0) is 74.1 Å². The minimum Gasteiger partial charge on any atom is -0.463 e. The predicted molar refractivity (Wildman–Crippen MR) is 269 cm³/mol. The van der Waals surface area contributed by atoms with E-state index in [1.807, 2.05) is 0 Å². The normalized spacial score (nSPS) is 40.2. The van der Waals surface area contributed by atoms with Gasteiger partial charge in [-0.1, -0.05) is 77.7 Å². The van der Waals surface area contributed by atoms with E-state index >= 15 is 0 Å². The lowest BCUT2D eigenvalue weighted by Gasteiger charge is -2.50. The van der Waals surface area contributed by atoms with E-state index in [1.54, 1.807) is 20.8 Å². The molecule has 0 spiro atoms. The van der Waals surface area contributed by atoms with Crippen LogP contribution in [0.3, 0.4) is 0 Å². The summed E-state index contributed by atoms with van der Waals surface area (Å²) in [6.45, 7) is 13.7. The highest BCUT2D eigenvalue weighted by Crippen LogP contribution is 2.38. The molecule has 5 aliphatic heterocycles. The zero-order valence-corrected chi connectivity index (χ0v) is 46.3. The van der Waals surface area contributed by atoms with Gasteiger partial charge in [-0.3, -0.25) is 14.4 Å². The summed E-state index contributed by atoms with van der Waals surface area (Å²) in [5.74, 6) is -4.11. The molecule has 0 radical (unpaired) electrons. The van der Waals surface area contributed by atoms with Crippen molar-refractivity contribution < 1.29 is 112 Å². The van der Waals surface area contributed by atoms with Crippen LogP contribution in [0.2, 0.25) is 0 Å². The zero-order chi connectivity index (χ0) is 56.7. The number of unbranched alkanes of at least 4 members (excludes halogenated alkanes) is 2. The Kier molecular flexibility index (Phi) is 26.3. The average Bonchev–Trinajstić information content (AvgIpc) is 3.39. The van der Waals surface area contributed by atoms with Gasteiger partial charge in [0.25, 0.3) is 0 Å². The second kappa shape index (κ2) is 31.3. The Morgan fingerprint density at radius 2 is 1.26 bits per heavy atom. The van der Waals surface area contributed by atoms with Crippen molar-refractivity contribution in [3.63, 3.8) is 0 Å². The first kappa shape index (κ1) is 64.8. The Balaban J connectivity index is 1.57. The molecule has 5 rings (SSSR count). The average molecular weight is 1110 g/mol. The summed E-state index contributed by atoms with van der Waals surface area (Å²) < 4.78 is 74.2. The summed E-state index contributed by atoms with van der Waals surface area (Å²) in [6.07, 6.45) is -22.2. The molecule has 5 saturated heterocycles. The third-order valence-electron chi connectivity index (χ3n) is 15.1. The molecule has 0 saturated carbocycles. The number of hydrogen-bond acceptors (Lipinski definition) is 23. The van der Waals surface area contributed by atoms with E-state index in [-0.39, 0.29) is 24.5 Å². The van der Waals surface area contributed by atoms with Crippen molar-refractivity contribution in [2.45, 2.75) is 294 Å². The number of aliphatic hydroxyl groups excluding tert-OH is 7. The van der Waals surface area contributed by atoms with Crippen LogP contribution in [-0.2, 0) is 76.0 Å². The standard InChI is InChI=1S/C54H90O23/c1-10-13-19-23-33-24-20-17-15-14-16-18-21-25-36(57)72-47-44(75-51-42(63)41(62)43(31(8)68-51)74-49(64)27(4)12-3)32(9)69-54(48(47)73-35(56)22-11-2)77-46-40(61)38(59)34(26-66-50(65)28(5)29(6)55)71-53(46)76-45-39(60)37(58)30(7)67-52(45)70-33/h12,28-34,37-48,51-55,58-63H,10-11,13-26H2,1-9H3/b27-12+/t28?,29?,30-,31-,32+,33?,34-,37-,38-,39+,40+,41-,42-,43-,44+,45-,46-,47-,48-,51+,52+,53+,54+/m1/s1. The van der Waals surface area contributed by atoms with Gasteiger partial charge in [0.05, 0.1) is 36.4 Å². The highest BCUT2D eigenvalue weighted by Gasteiger charge is 2.58. The van der Waals surface area contributed by atoms with Gasteiger partial charge in [-0.15, -0.1) is 0 Å². The first-order chi connectivity index (χ1) is 36.6. The highest BCUT2D eigenvalue weighted by atomic mass is 16.8. The summed E-state index contributed by atoms with van der Waals surface area (Å²) >= 11 is 0. The maximum atomic E-state index is 14.0. The quantitative estimate of drug-likeness (QED) is 0.0537. The first-order valence-electron chi connectivity index (χ1n) is 28.0. The summed E-state index contributed by atoms with van der Waals surface area (Å²) in [7, 11) is 0. The molecule has 5 fully saturated rings. The van der Waals surface area contributed by atoms with Crippen molar-refractivity contribution in [1.82, 2.24) is 0 Å². The number of esters is 4. The fourth-order valence-corrected chi connectivity index (χ4v) is 9.90. The van der Waals surface area contributed by atoms with Crippen LogP contribution >= 0.6 is 0 Å². The molecule has 0 aromatic rings. The van der Waals surface area contributed by atoms with Crippen molar-refractivity contribution >= 4 is 23.9 Å². The Morgan fingerprint density at radius 3 is 1.91 bits per heavy atom. The van der Waals surface area contributed by atoms with Crippen LogP contribution in [0.4, 0.5) is 0 Å². The molecule has 0 aliphatic carbocycles. The number of ether oxygens (including phenoxy) is 12. The van der Waals surface area contributed by atoms with Crippen molar-refractivity contribution in [3.05, 3.63) is 11.6 Å².